The Morgan fingerprint density at radius 2 is 2.03 bits per heavy atom. The van der Waals surface area contributed by atoms with Crippen molar-refractivity contribution in [2.24, 2.45) is 0 Å². The molecule has 0 spiro atoms. The maximum atomic E-state index is 12.7. The predicted molar refractivity (Wildman–Crippen MR) is 140 cm³/mol. The molecule has 0 saturated carbocycles. The van der Waals surface area contributed by atoms with E-state index in [4.69, 9.17) is 9.47 Å². The second kappa shape index (κ2) is 11.2. The summed E-state index contributed by atoms with van der Waals surface area (Å²) in [6, 6.07) is 16.9. The van der Waals surface area contributed by atoms with Gasteiger partial charge < -0.3 is 24.8 Å². The van der Waals surface area contributed by atoms with Crippen LogP contribution in [0.2, 0.25) is 0 Å². The summed E-state index contributed by atoms with van der Waals surface area (Å²) in [6.45, 7) is 3.77. The summed E-state index contributed by atoms with van der Waals surface area (Å²) in [5, 5.41) is 23.1. The fourth-order valence-electron chi connectivity index (χ4n) is 4.46. The van der Waals surface area contributed by atoms with Crippen LogP contribution in [0.4, 0.5) is 0 Å². The van der Waals surface area contributed by atoms with Gasteiger partial charge in [-0.25, -0.2) is 0 Å². The van der Waals surface area contributed by atoms with Crippen LogP contribution in [-0.4, -0.2) is 65.6 Å². The molecule has 5 rings (SSSR count). The molecule has 0 aliphatic carbocycles. The van der Waals surface area contributed by atoms with Crippen LogP contribution in [0.5, 0.6) is 5.75 Å². The molecule has 36 heavy (non-hydrogen) atoms. The molecule has 2 aromatic heterocycles. The number of amides is 1. The third-order valence-corrected chi connectivity index (χ3v) is 7.41. The highest BCUT2D eigenvalue weighted by Crippen LogP contribution is 2.29. The Balaban J connectivity index is 1.25. The first kappa shape index (κ1) is 24.5. The van der Waals surface area contributed by atoms with E-state index < -0.39 is 6.23 Å². The zero-order valence-corrected chi connectivity index (χ0v) is 21.0. The molecule has 1 amide bonds. The zero-order valence-electron chi connectivity index (χ0n) is 20.1. The van der Waals surface area contributed by atoms with Crippen molar-refractivity contribution in [3.63, 3.8) is 0 Å². The second-order valence-electron chi connectivity index (χ2n) is 8.90. The lowest BCUT2D eigenvalue weighted by Crippen LogP contribution is -2.39. The normalized spacial score (nSPS) is 15.7. The van der Waals surface area contributed by atoms with Gasteiger partial charge in [0.05, 0.1) is 22.7 Å². The van der Waals surface area contributed by atoms with Crippen molar-refractivity contribution in [3.05, 3.63) is 70.4 Å². The van der Waals surface area contributed by atoms with Crippen molar-refractivity contribution in [1.82, 2.24) is 20.4 Å². The predicted octanol–water partition coefficient (Wildman–Crippen LogP) is 4.20. The van der Waals surface area contributed by atoms with E-state index in [-0.39, 0.29) is 12.0 Å². The Morgan fingerprint density at radius 3 is 2.75 bits per heavy atom. The summed E-state index contributed by atoms with van der Waals surface area (Å²) in [6.07, 6.45) is 1.18. The number of aliphatic hydroxyl groups is 1. The van der Waals surface area contributed by atoms with E-state index in [0.29, 0.717) is 10.4 Å². The van der Waals surface area contributed by atoms with Crippen LogP contribution in [0.25, 0.3) is 22.2 Å². The molecule has 0 unspecified atom stereocenters. The van der Waals surface area contributed by atoms with Gasteiger partial charge in [-0.1, -0.05) is 6.07 Å². The minimum absolute atomic E-state index is 0.214. The van der Waals surface area contributed by atoms with Crippen molar-refractivity contribution in [3.8, 4) is 17.0 Å². The van der Waals surface area contributed by atoms with Crippen LogP contribution in [0.15, 0.2) is 60.0 Å². The Kier molecular flexibility index (Phi) is 7.62. The fourth-order valence-corrected chi connectivity index (χ4v) is 5.11. The number of likely N-dealkylation sites (tertiary alicyclic amines) is 1. The second-order valence-corrected chi connectivity index (χ2v) is 9.88. The minimum atomic E-state index is -1.04. The maximum absolute atomic E-state index is 12.7. The number of methoxy groups -OCH3 is 1. The highest BCUT2D eigenvalue weighted by Gasteiger charge is 2.20. The Labute approximate surface area is 213 Å². The van der Waals surface area contributed by atoms with E-state index in [0.717, 1.165) is 67.0 Å². The smallest absolute Gasteiger partial charge is 0.253 e. The van der Waals surface area contributed by atoms with Crippen molar-refractivity contribution < 1.29 is 19.4 Å². The third-order valence-electron chi connectivity index (χ3n) is 6.48. The molecule has 4 aromatic rings. The molecule has 1 aliphatic rings. The van der Waals surface area contributed by atoms with Gasteiger partial charge in [0, 0.05) is 43.3 Å². The van der Waals surface area contributed by atoms with Crippen molar-refractivity contribution in [1.29, 1.82) is 0 Å². The number of rotatable bonds is 9. The third kappa shape index (κ3) is 5.60. The zero-order chi connectivity index (χ0) is 24.9. The van der Waals surface area contributed by atoms with Crippen molar-refractivity contribution >= 4 is 28.1 Å². The number of hydrogen-bond acceptors (Lipinski definition) is 7. The van der Waals surface area contributed by atoms with Crippen LogP contribution in [-0.2, 0) is 4.74 Å². The van der Waals surface area contributed by atoms with Crippen LogP contribution < -0.4 is 10.1 Å². The van der Waals surface area contributed by atoms with Gasteiger partial charge >= 0.3 is 0 Å². The Morgan fingerprint density at radius 1 is 1.22 bits per heavy atom. The molecule has 3 heterocycles. The molecule has 2 aromatic carbocycles. The van der Waals surface area contributed by atoms with Gasteiger partial charge in [0.25, 0.3) is 5.91 Å². The summed E-state index contributed by atoms with van der Waals surface area (Å²) >= 11 is 1.39. The number of carbonyl (C=O) groups excluding carboxylic acids is 1. The van der Waals surface area contributed by atoms with Gasteiger partial charge in [-0.3, -0.25) is 9.89 Å². The quantitative estimate of drug-likeness (QED) is 0.294. The average molecular weight is 507 g/mol. The van der Waals surface area contributed by atoms with Gasteiger partial charge in [0.2, 0.25) is 0 Å². The molecule has 1 fully saturated rings. The molecule has 1 saturated heterocycles. The number of H-pyrrole nitrogens is 1. The number of nitrogens with zero attached hydrogens (tertiary/aromatic N) is 2. The Bertz CT molecular complexity index is 1280. The number of aromatic nitrogens is 2. The lowest BCUT2D eigenvalue weighted by Gasteiger charge is -2.31. The lowest BCUT2D eigenvalue weighted by molar-refractivity contribution is 0.0790. The average Bonchev–Trinajstić information content (AvgIpc) is 3.59. The number of hydrogen-bond donors (Lipinski definition) is 3. The summed E-state index contributed by atoms with van der Waals surface area (Å²) in [5.41, 5.74) is 2.98. The molecule has 8 nitrogen and oxygen atoms in total. The molecule has 3 N–H and O–H groups in total. The maximum Gasteiger partial charge on any atom is 0.253 e. The van der Waals surface area contributed by atoms with Crippen LogP contribution >= 0.6 is 11.3 Å². The molecular weight excluding hydrogens is 476 g/mol. The largest absolute Gasteiger partial charge is 0.490 e. The fraction of sp³-hybridized carbons (Fsp3) is 0.333. The van der Waals surface area contributed by atoms with Crippen LogP contribution in [0.1, 0.15) is 34.3 Å². The van der Waals surface area contributed by atoms with Crippen LogP contribution in [0.3, 0.4) is 0 Å². The lowest BCUT2D eigenvalue weighted by atomic mass is 10.0. The number of aromatic amines is 1. The van der Waals surface area contributed by atoms with E-state index in [1.54, 1.807) is 25.3 Å². The van der Waals surface area contributed by atoms with E-state index in [1.165, 1.54) is 11.3 Å². The molecular formula is C27H30N4O4S. The summed E-state index contributed by atoms with van der Waals surface area (Å²) < 4.78 is 11.4. The number of nitrogens with one attached hydrogen (secondary N) is 2. The topological polar surface area (TPSA) is 99.7 Å². The number of ether oxygens (including phenoxy) is 2. The van der Waals surface area contributed by atoms with Crippen molar-refractivity contribution in [2.45, 2.75) is 25.2 Å². The molecule has 0 radical (unpaired) electrons. The first-order valence-corrected chi connectivity index (χ1v) is 13.0. The number of aliphatic hydroxyl groups excluding tert-OH is 1. The highest BCUT2D eigenvalue weighted by molar-refractivity contribution is 7.10. The minimum Gasteiger partial charge on any atom is -0.490 e. The summed E-state index contributed by atoms with van der Waals surface area (Å²) in [7, 11) is 1.74. The van der Waals surface area contributed by atoms with Gasteiger partial charge in [-0.2, -0.15) is 5.10 Å². The molecule has 1 atom stereocenters. The first-order chi connectivity index (χ1) is 17.6. The monoisotopic (exact) mass is 506 g/mol. The number of thiophene rings is 1. The number of piperidine rings is 1. The Hall–Kier alpha value is -3.24. The van der Waals surface area contributed by atoms with Gasteiger partial charge in [-0.15, -0.1) is 11.3 Å². The number of benzene rings is 2. The highest BCUT2D eigenvalue weighted by atomic mass is 32.1. The SMILES string of the molecule is COCCN1CCC(Oc2ccc(-c3n[nH]c4ccc(C(=O)N[C@@H](O)c5cccs5)cc34)cc2)CC1. The molecule has 9 heteroatoms. The summed E-state index contributed by atoms with van der Waals surface area (Å²) in [4.78, 5) is 15.8. The van der Waals surface area contributed by atoms with E-state index in [1.807, 2.05) is 41.8 Å². The van der Waals surface area contributed by atoms with Crippen LogP contribution in [0, 0.1) is 0 Å². The van der Waals surface area contributed by atoms with Gasteiger partial charge in [-0.05, 0) is 66.8 Å². The van der Waals surface area contributed by atoms with E-state index >= 15 is 0 Å². The van der Waals surface area contributed by atoms with E-state index in [2.05, 4.69) is 20.4 Å². The number of fused-ring (bicyclic) bond motifs is 1. The first-order valence-electron chi connectivity index (χ1n) is 12.1. The van der Waals surface area contributed by atoms with Gasteiger partial charge in [0.15, 0.2) is 6.23 Å². The molecule has 0 bridgehead atoms. The molecule has 188 valence electrons. The van der Waals surface area contributed by atoms with Gasteiger partial charge in [0.1, 0.15) is 11.9 Å². The number of carbonyl (C=O) groups is 1. The van der Waals surface area contributed by atoms with Crippen molar-refractivity contribution in [2.75, 3.05) is 33.4 Å². The summed E-state index contributed by atoms with van der Waals surface area (Å²) in [5.74, 6) is 0.499. The standard InChI is InChI=1S/C27H30N4O4S/c1-34-15-14-31-12-10-21(11-13-31)35-20-7-4-18(5-8-20)25-22-17-19(6-9-23(22)29-30-25)26(32)28-27(33)24-3-2-16-36-24/h2-9,16-17,21,27,33H,10-15H2,1H3,(H,28,32)(H,29,30)/t27-/m0/s1. The molecule has 1 aliphatic heterocycles. The van der Waals surface area contributed by atoms with E-state index in [9.17, 15) is 9.90 Å².